The Bertz CT molecular complexity index is 919. The van der Waals surface area contributed by atoms with Gasteiger partial charge in [-0.1, -0.05) is 18.2 Å². The molecule has 28 heavy (non-hydrogen) atoms. The zero-order valence-corrected chi connectivity index (χ0v) is 15.6. The van der Waals surface area contributed by atoms with Crippen LogP contribution in [-0.2, 0) is 11.2 Å². The third kappa shape index (κ3) is 4.20. The van der Waals surface area contributed by atoms with Crippen LogP contribution in [-0.4, -0.2) is 53.5 Å². The highest BCUT2D eigenvalue weighted by molar-refractivity contribution is 5.98. The standard InChI is InChI=1S/C21H23N5O2/c27-21(19-7-4-10-22-20(19)25-13-15-28-16-14-25)23-11-8-17-9-12-26(24-17)18-5-2-1-3-6-18/h1-7,9-10,12H,8,11,13-16H2,(H,23,27). The van der Waals surface area contributed by atoms with Gasteiger partial charge < -0.3 is 15.0 Å². The van der Waals surface area contributed by atoms with Crippen molar-refractivity contribution in [2.45, 2.75) is 6.42 Å². The van der Waals surface area contributed by atoms with E-state index in [1.807, 2.05) is 53.3 Å². The van der Waals surface area contributed by atoms with Crippen molar-refractivity contribution in [3.63, 3.8) is 0 Å². The first kappa shape index (κ1) is 18.2. The third-order valence-corrected chi connectivity index (χ3v) is 4.67. The molecular weight excluding hydrogens is 354 g/mol. The van der Waals surface area contributed by atoms with Crippen LogP contribution in [0, 0.1) is 0 Å². The van der Waals surface area contributed by atoms with Gasteiger partial charge in [-0.05, 0) is 30.3 Å². The second kappa shape index (κ2) is 8.67. The number of aromatic nitrogens is 3. The van der Waals surface area contributed by atoms with Crippen LogP contribution in [0.25, 0.3) is 5.69 Å². The first-order valence-electron chi connectivity index (χ1n) is 9.47. The lowest BCUT2D eigenvalue weighted by molar-refractivity contribution is 0.0952. The maximum absolute atomic E-state index is 12.7. The van der Waals surface area contributed by atoms with Gasteiger partial charge in [0.1, 0.15) is 5.82 Å². The maximum atomic E-state index is 12.7. The van der Waals surface area contributed by atoms with E-state index in [-0.39, 0.29) is 5.91 Å². The third-order valence-electron chi connectivity index (χ3n) is 4.67. The van der Waals surface area contributed by atoms with Crippen LogP contribution in [0.15, 0.2) is 60.9 Å². The van der Waals surface area contributed by atoms with Gasteiger partial charge in [0, 0.05) is 38.4 Å². The molecule has 7 nitrogen and oxygen atoms in total. The summed E-state index contributed by atoms with van der Waals surface area (Å²) in [4.78, 5) is 19.2. The van der Waals surface area contributed by atoms with Gasteiger partial charge in [-0.15, -0.1) is 0 Å². The maximum Gasteiger partial charge on any atom is 0.255 e. The van der Waals surface area contributed by atoms with E-state index in [4.69, 9.17) is 4.74 Å². The van der Waals surface area contributed by atoms with Gasteiger partial charge in [0.15, 0.2) is 0 Å². The number of nitrogens with zero attached hydrogens (tertiary/aromatic N) is 4. The number of carbonyl (C=O) groups is 1. The molecule has 0 unspecified atom stereocenters. The molecule has 2 aromatic heterocycles. The number of pyridine rings is 1. The summed E-state index contributed by atoms with van der Waals surface area (Å²) in [5, 5.41) is 7.56. The van der Waals surface area contributed by atoms with Crippen LogP contribution in [0.4, 0.5) is 5.82 Å². The molecule has 144 valence electrons. The van der Waals surface area contributed by atoms with Gasteiger partial charge in [0.2, 0.25) is 0 Å². The Morgan fingerprint density at radius 1 is 1.07 bits per heavy atom. The van der Waals surface area contributed by atoms with Gasteiger partial charge in [0.25, 0.3) is 5.91 Å². The normalized spacial score (nSPS) is 14.1. The number of hydrogen-bond donors (Lipinski definition) is 1. The number of rotatable bonds is 6. The molecule has 1 aliphatic heterocycles. The molecule has 1 aliphatic rings. The number of morpholine rings is 1. The predicted molar refractivity (Wildman–Crippen MR) is 107 cm³/mol. The molecule has 1 N–H and O–H groups in total. The van der Waals surface area contributed by atoms with E-state index in [9.17, 15) is 4.79 Å². The molecule has 0 saturated carbocycles. The smallest absolute Gasteiger partial charge is 0.255 e. The Hall–Kier alpha value is -3.19. The van der Waals surface area contributed by atoms with Gasteiger partial charge in [0.05, 0.1) is 30.2 Å². The average Bonchev–Trinajstić information content (AvgIpc) is 3.24. The van der Waals surface area contributed by atoms with E-state index < -0.39 is 0 Å². The summed E-state index contributed by atoms with van der Waals surface area (Å²) in [7, 11) is 0. The molecule has 1 fully saturated rings. The van der Waals surface area contributed by atoms with Crippen LogP contribution in [0.5, 0.6) is 0 Å². The van der Waals surface area contributed by atoms with Crippen molar-refractivity contribution in [3.8, 4) is 5.69 Å². The van der Waals surface area contributed by atoms with E-state index in [1.54, 1.807) is 12.3 Å². The van der Waals surface area contributed by atoms with Crippen molar-refractivity contribution < 1.29 is 9.53 Å². The minimum Gasteiger partial charge on any atom is -0.378 e. The summed E-state index contributed by atoms with van der Waals surface area (Å²) < 4.78 is 7.23. The fourth-order valence-electron chi connectivity index (χ4n) is 3.22. The predicted octanol–water partition coefficient (Wildman–Crippen LogP) is 2.08. The number of nitrogens with one attached hydrogen (secondary N) is 1. The van der Waals surface area contributed by atoms with E-state index >= 15 is 0 Å². The number of benzene rings is 1. The van der Waals surface area contributed by atoms with Gasteiger partial charge in [-0.3, -0.25) is 4.79 Å². The van der Waals surface area contributed by atoms with Crippen molar-refractivity contribution in [1.82, 2.24) is 20.1 Å². The Balaban J connectivity index is 1.36. The zero-order chi connectivity index (χ0) is 19.2. The second-order valence-corrected chi connectivity index (χ2v) is 6.57. The molecule has 1 aromatic carbocycles. The molecule has 3 heterocycles. The number of amides is 1. The van der Waals surface area contributed by atoms with Crippen LogP contribution in [0.3, 0.4) is 0 Å². The van der Waals surface area contributed by atoms with E-state index in [2.05, 4.69) is 20.3 Å². The van der Waals surface area contributed by atoms with Gasteiger partial charge >= 0.3 is 0 Å². The molecule has 0 atom stereocenters. The molecule has 3 aromatic rings. The molecule has 1 amide bonds. The summed E-state index contributed by atoms with van der Waals surface area (Å²) >= 11 is 0. The Labute approximate surface area is 164 Å². The zero-order valence-electron chi connectivity index (χ0n) is 15.6. The summed E-state index contributed by atoms with van der Waals surface area (Å²) in [6.45, 7) is 3.31. The van der Waals surface area contributed by atoms with Gasteiger partial charge in [-0.2, -0.15) is 5.10 Å². The van der Waals surface area contributed by atoms with Crippen LogP contribution < -0.4 is 10.2 Å². The lowest BCUT2D eigenvalue weighted by Gasteiger charge is -2.29. The number of anilines is 1. The average molecular weight is 377 g/mol. The molecular formula is C21H23N5O2. The molecule has 0 bridgehead atoms. The number of ether oxygens (including phenoxy) is 1. The molecule has 7 heteroatoms. The SMILES string of the molecule is O=C(NCCc1ccn(-c2ccccc2)n1)c1cccnc1N1CCOCC1. The Morgan fingerprint density at radius 3 is 2.71 bits per heavy atom. The Kier molecular flexibility index (Phi) is 5.63. The van der Waals surface area contributed by atoms with Crippen LogP contribution >= 0.6 is 0 Å². The minimum atomic E-state index is -0.114. The summed E-state index contributed by atoms with van der Waals surface area (Å²) in [5.41, 5.74) is 2.55. The molecule has 4 rings (SSSR count). The highest BCUT2D eigenvalue weighted by Gasteiger charge is 2.19. The van der Waals surface area contributed by atoms with Gasteiger partial charge in [-0.25, -0.2) is 9.67 Å². The minimum absolute atomic E-state index is 0.114. The lowest BCUT2D eigenvalue weighted by Crippen LogP contribution is -2.38. The van der Waals surface area contributed by atoms with Crippen molar-refractivity contribution >= 4 is 11.7 Å². The molecule has 0 radical (unpaired) electrons. The second-order valence-electron chi connectivity index (χ2n) is 6.57. The first-order valence-corrected chi connectivity index (χ1v) is 9.47. The fourth-order valence-corrected chi connectivity index (χ4v) is 3.22. The number of para-hydroxylation sites is 1. The lowest BCUT2D eigenvalue weighted by atomic mass is 10.2. The van der Waals surface area contributed by atoms with Crippen molar-refractivity contribution in [2.75, 3.05) is 37.7 Å². The highest BCUT2D eigenvalue weighted by Crippen LogP contribution is 2.18. The van der Waals surface area contributed by atoms with Crippen molar-refractivity contribution in [3.05, 3.63) is 72.2 Å². The number of hydrogen-bond acceptors (Lipinski definition) is 5. The van der Waals surface area contributed by atoms with E-state index in [1.165, 1.54) is 0 Å². The first-order chi connectivity index (χ1) is 13.8. The van der Waals surface area contributed by atoms with Crippen molar-refractivity contribution in [1.29, 1.82) is 0 Å². The largest absolute Gasteiger partial charge is 0.378 e. The topological polar surface area (TPSA) is 72.3 Å². The van der Waals surface area contributed by atoms with Crippen LogP contribution in [0.1, 0.15) is 16.1 Å². The number of carbonyl (C=O) groups excluding carboxylic acids is 1. The molecule has 1 saturated heterocycles. The van der Waals surface area contributed by atoms with Crippen LogP contribution in [0.2, 0.25) is 0 Å². The quantitative estimate of drug-likeness (QED) is 0.712. The van der Waals surface area contributed by atoms with E-state index in [0.717, 1.165) is 30.3 Å². The van der Waals surface area contributed by atoms with Crippen molar-refractivity contribution in [2.24, 2.45) is 0 Å². The summed E-state index contributed by atoms with van der Waals surface area (Å²) in [5.74, 6) is 0.605. The van der Waals surface area contributed by atoms with E-state index in [0.29, 0.717) is 31.7 Å². The summed E-state index contributed by atoms with van der Waals surface area (Å²) in [6, 6.07) is 15.5. The summed E-state index contributed by atoms with van der Waals surface area (Å²) in [6.07, 6.45) is 4.32. The fraction of sp³-hybridized carbons (Fsp3) is 0.286. The highest BCUT2D eigenvalue weighted by atomic mass is 16.5. The Morgan fingerprint density at radius 2 is 1.89 bits per heavy atom. The monoisotopic (exact) mass is 377 g/mol. The molecule has 0 aliphatic carbocycles. The molecule has 0 spiro atoms.